The molecule has 7 heteroatoms. The molecule has 0 fully saturated rings. The summed E-state index contributed by atoms with van der Waals surface area (Å²) in [4.78, 5) is 11.2. The van der Waals surface area contributed by atoms with Gasteiger partial charge in [0.25, 0.3) is 5.89 Å². The van der Waals surface area contributed by atoms with Crippen LogP contribution in [-0.4, -0.2) is 27.9 Å². The fourth-order valence-corrected chi connectivity index (χ4v) is 2.35. The molecule has 0 amide bonds. The summed E-state index contributed by atoms with van der Waals surface area (Å²) >= 11 is 1.54. The van der Waals surface area contributed by atoms with Crippen molar-refractivity contribution in [3.05, 3.63) is 22.9 Å². The summed E-state index contributed by atoms with van der Waals surface area (Å²) in [5.41, 5.74) is 1.15. The summed E-state index contributed by atoms with van der Waals surface area (Å²) in [7, 11) is 0. The molecule has 0 saturated heterocycles. The van der Waals surface area contributed by atoms with Gasteiger partial charge in [0.1, 0.15) is 13.2 Å². The van der Waals surface area contributed by atoms with Crippen molar-refractivity contribution in [2.45, 2.75) is 20.0 Å². The number of rotatable bonds is 6. The van der Waals surface area contributed by atoms with Gasteiger partial charge in [-0.05, 0) is 23.4 Å². The fourth-order valence-electron chi connectivity index (χ4n) is 1.43. The number of aryl methyl sites for hydroxylation is 1. The first-order chi connectivity index (χ1) is 8.70. The van der Waals surface area contributed by atoms with Crippen molar-refractivity contribution in [1.29, 1.82) is 0 Å². The minimum Gasteiger partial charge on any atom is -0.480 e. The van der Waals surface area contributed by atoms with Crippen molar-refractivity contribution < 1.29 is 19.1 Å². The summed E-state index contributed by atoms with van der Waals surface area (Å²) in [6.45, 7) is 1.68. The number of carboxylic acid groups (broad SMARTS) is 1. The van der Waals surface area contributed by atoms with E-state index in [4.69, 9.17) is 14.3 Å². The van der Waals surface area contributed by atoms with Gasteiger partial charge in [-0.1, -0.05) is 6.92 Å². The zero-order valence-electron chi connectivity index (χ0n) is 9.75. The van der Waals surface area contributed by atoms with Crippen molar-refractivity contribution in [2.75, 3.05) is 6.61 Å². The number of thiophene rings is 1. The van der Waals surface area contributed by atoms with Gasteiger partial charge in [0.2, 0.25) is 5.89 Å². The number of ether oxygens (including phenoxy) is 1. The lowest BCUT2D eigenvalue weighted by atomic mass is 10.2. The van der Waals surface area contributed by atoms with Gasteiger partial charge in [0, 0.05) is 0 Å². The third-order valence-electron chi connectivity index (χ3n) is 2.24. The van der Waals surface area contributed by atoms with Crippen LogP contribution in [-0.2, 0) is 22.6 Å². The summed E-state index contributed by atoms with van der Waals surface area (Å²) < 4.78 is 10.3. The van der Waals surface area contributed by atoms with Crippen molar-refractivity contribution >= 4 is 17.3 Å². The molecule has 96 valence electrons. The number of hydrogen-bond acceptors (Lipinski definition) is 6. The summed E-state index contributed by atoms with van der Waals surface area (Å²) in [6, 6.07) is 2.02. The Morgan fingerprint density at radius 1 is 1.56 bits per heavy atom. The fraction of sp³-hybridized carbons (Fsp3) is 0.364. The number of aliphatic carboxylic acids is 1. The highest BCUT2D eigenvalue weighted by molar-refractivity contribution is 7.13. The van der Waals surface area contributed by atoms with Gasteiger partial charge in [-0.15, -0.1) is 21.5 Å². The Morgan fingerprint density at radius 3 is 3.11 bits per heavy atom. The van der Waals surface area contributed by atoms with Gasteiger partial charge < -0.3 is 14.3 Å². The van der Waals surface area contributed by atoms with Crippen LogP contribution in [0.3, 0.4) is 0 Å². The van der Waals surface area contributed by atoms with Crippen LogP contribution in [0.5, 0.6) is 0 Å². The molecule has 0 aliphatic carbocycles. The van der Waals surface area contributed by atoms with E-state index >= 15 is 0 Å². The Balaban J connectivity index is 2.04. The van der Waals surface area contributed by atoms with Crippen LogP contribution in [0, 0.1) is 0 Å². The van der Waals surface area contributed by atoms with Gasteiger partial charge in [-0.3, -0.25) is 0 Å². The smallest absolute Gasteiger partial charge is 0.329 e. The average molecular weight is 268 g/mol. The van der Waals surface area contributed by atoms with E-state index in [0.29, 0.717) is 5.89 Å². The Hall–Kier alpha value is -1.73. The Bertz CT molecular complexity index is 535. The first kappa shape index (κ1) is 12.7. The van der Waals surface area contributed by atoms with Crippen molar-refractivity contribution in [3.63, 3.8) is 0 Å². The van der Waals surface area contributed by atoms with Gasteiger partial charge >= 0.3 is 5.97 Å². The molecule has 0 bridgehead atoms. The molecule has 18 heavy (non-hydrogen) atoms. The zero-order chi connectivity index (χ0) is 13.0. The van der Waals surface area contributed by atoms with E-state index in [1.54, 1.807) is 0 Å². The third kappa shape index (κ3) is 2.93. The van der Waals surface area contributed by atoms with E-state index in [2.05, 4.69) is 17.1 Å². The predicted molar refractivity (Wildman–Crippen MR) is 64.3 cm³/mol. The predicted octanol–water partition coefficient (Wildman–Crippen LogP) is 1.96. The monoisotopic (exact) mass is 268 g/mol. The van der Waals surface area contributed by atoms with Crippen molar-refractivity contribution in [3.8, 4) is 10.8 Å². The largest absolute Gasteiger partial charge is 0.480 e. The lowest BCUT2D eigenvalue weighted by molar-refractivity contribution is -0.142. The first-order valence-electron chi connectivity index (χ1n) is 5.39. The van der Waals surface area contributed by atoms with Crippen molar-refractivity contribution in [2.24, 2.45) is 0 Å². The number of aromatic nitrogens is 2. The highest BCUT2D eigenvalue weighted by Crippen LogP contribution is 2.28. The van der Waals surface area contributed by atoms with Crippen LogP contribution >= 0.6 is 11.3 Å². The Kier molecular flexibility index (Phi) is 4.06. The molecule has 2 aromatic rings. The van der Waals surface area contributed by atoms with E-state index < -0.39 is 5.97 Å². The molecule has 2 rings (SSSR count). The Labute approximate surface area is 107 Å². The van der Waals surface area contributed by atoms with E-state index in [0.717, 1.165) is 16.9 Å². The highest BCUT2D eigenvalue weighted by atomic mass is 32.1. The minimum absolute atomic E-state index is 0.00608. The lowest BCUT2D eigenvalue weighted by Crippen LogP contribution is -2.06. The number of nitrogens with zero attached hydrogens (tertiary/aromatic N) is 2. The maximum Gasteiger partial charge on any atom is 0.329 e. The molecule has 1 N–H and O–H groups in total. The zero-order valence-corrected chi connectivity index (χ0v) is 10.6. The second kappa shape index (κ2) is 5.74. The van der Waals surface area contributed by atoms with Crippen LogP contribution in [0.25, 0.3) is 10.8 Å². The molecular formula is C11H12N2O4S. The Morgan fingerprint density at radius 2 is 2.39 bits per heavy atom. The normalized spacial score (nSPS) is 10.7. The maximum absolute atomic E-state index is 10.3. The van der Waals surface area contributed by atoms with Crippen LogP contribution in [0.1, 0.15) is 18.4 Å². The molecule has 2 heterocycles. The topological polar surface area (TPSA) is 85.5 Å². The van der Waals surface area contributed by atoms with Gasteiger partial charge in [-0.25, -0.2) is 4.79 Å². The molecule has 0 radical (unpaired) electrons. The molecule has 0 saturated carbocycles. The van der Waals surface area contributed by atoms with Gasteiger partial charge in [0.15, 0.2) is 0 Å². The van der Waals surface area contributed by atoms with E-state index in [9.17, 15) is 4.79 Å². The van der Waals surface area contributed by atoms with E-state index in [1.165, 1.54) is 11.3 Å². The third-order valence-corrected chi connectivity index (χ3v) is 3.18. The summed E-state index contributed by atoms with van der Waals surface area (Å²) in [6.07, 6.45) is 0.895. The van der Waals surface area contributed by atoms with E-state index in [1.807, 2.05) is 11.4 Å². The molecule has 2 aromatic heterocycles. The number of hydrogen-bond donors (Lipinski definition) is 1. The number of carboxylic acids is 1. The van der Waals surface area contributed by atoms with Gasteiger partial charge in [-0.2, -0.15) is 0 Å². The highest BCUT2D eigenvalue weighted by Gasteiger charge is 2.13. The molecule has 0 unspecified atom stereocenters. The summed E-state index contributed by atoms with van der Waals surface area (Å²) in [5.74, 6) is -0.293. The van der Waals surface area contributed by atoms with E-state index in [-0.39, 0.29) is 19.1 Å². The molecule has 0 aromatic carbocycles. The molecule has 0 spiro atoms. The second-order valence-electron chi connectivity index (χ2n) is 3.52. The average Bonchev–Trinajstić information content (AvgIpc) is 2.95. The molecule has 0 aliphatic heterocycles. The summed E-state index contributed by atoms with van der Waals surface area (Å²) in [5, 5.41) is 18.1. The first-order valence-corrected chi connectivity index (χ1v) is 6.27. The molecule has 0 atom stereocenters. The maximum atomic E-state index is 10.3. The molecule has 6 nitrogen and oxygen atoms in total. The quantitative estimate of drug-likeness (QED) is 0.862. The van der Waals surface area contributed by atoms with Crippen molar-refractivity contribution in [1.82, 2.24) is 10.2 Å². The van der Waals surface area contributed by atoms with Crippen LogP contribution < -0.4 is 0 Å². The minimum atomic E-state index is -1.03. The second-order valence-corrected chi connectivity index (χ2v) is 4.43. The lowest BCUT2D eigenvalue weighted by Gasteiger charge is -1.96. The van der Waals surface area contributed by atoms with Gasteiger partial charge in [0.05, 0.1) is 4.88 Å². The van der Waals surface area contributed by atoms with Crippen LogP contribution in [0.2, 0.25) is 0 Å². The SMILES string of the molecule is CCc1ccsc1-c1nnc(COCC(=O)O)o1. The van der Waals surface area contributed by atoms with Crippen LogP contribution in [0.15, 0.2) is 15.9 Å². The standard InChI is InChI=1S/C11H12N2O4S/c1-2-7-3-4-18-10(7)11-13-12-8(17-11)5-16-6-9(14)15/h3-4H,2,5-6H2,1H3,(H,14,15). The molecular weight excluding hydrogens is 256 g/mol. The number of carbonyl (C=O) groups is 1. The van der Waals surface area contributed by atoms with Crippen LogP contribution in [0.4, 0.5) is 0 Å². The molecule has 0 aliphatic rings.